The van der Waals surface area contributed by atoms with Crippen LogP contribution in [-0.4, -0.2) is 42.1 Å². The number of hydrogen-bond donors (Lipinski definition) is 1. The molecule has 3 unspecified atom stereocenters. The van der Waals surface area contributed by atoms with E-state index < -0.39 is 16.0 Å². The molecule has 110 valence electrons. The molecular weight excluding hydrogens is 266 g/mol. The van der Waals surface area contributed by atoms with Crippen LogP contribution in [0.25, 0.3) is 0 Å². The van der Waals surface area contributed by atoms with Gasteiger partial charge in [-0.25, -0.2) is 8.42 Å². The van der Waals surface area contributed by atoms with Crippen LogP contribution in [0.1, 0.15) is 45.4 Å². The molecule has 0 amide bonds. The molecule has 6 heteroatoms. The highest BCUT2D eigenvalue weighted by Crippen LogP contribution is 2.39. The Bertz CT molecular complexity index is 434. The maximum absolute atomic E-state index is 12.3. The minimum atomic E-state index is -3.42. The topological polar surface area (TPSA) is 74.7 Å². The van der Waals surface area contributed by atoms with Crippen molar-refractivity contribution in [2.45, 2.75) is 51.5 Å². The standard InChI is InChI=1S/C13H23NO4S/c1-10-6-8-14(12-5-3-2-4-11(10)12)19(17,18)9-7-13(15)16/h10-12H,2-9H2,1H3,(H,15,16). The molecule has 1 saturated heterocycles. The largest absolute Gasteiger partial charge is 0.481 e. The first-order valence-corrected chi connectivity index (χ1v) is 8.74. The molecule has 1 aliphatic carbocycles. The fourth-order valence-electron chi connectivity index (χ4n) is 3.55. The van der Waals surface area contributed by atoms with Gasteiger partial charge in [0.25, 0.3) is 0 Å². The van der Waals surface area contributed by atoms with E-state index in [1.807, 2.05) is 0 Å². The van der Waals surface area contributed by atoms with E-state index in [9.17, 15) is 13.2 Å². The predicted molar refractivity (Wildman–Crippen MR) is 72.3 cm³/mol. The van der Waals surface area contributed by atoms with Crippen molar-refractivity contribution in [2.24, 2.45) is 11.8 Å². The molecule has 0 bridgehead atoms. The van der Waals surface area contributed by atoms with Crippen molar-refractivity contribution in [2.75, 3.05) is 12.3 Å². The fraction of sp³-hybridized carbons (Fsp3) is 0.923. The maximum Gasteiger partial charge on any atom is 0.304 e. The van der Waals surface area contributed by atoms with Crippen LogP contribution in [0.2, 0.25) is 0 Å². The fourth-order valence-corrected chi connectivity index (χ4v) is 5.28. The summed E-state index contributed by atoms with van der Waals surface area (Å²) in [6.07, 6.45) is 4.91. The third kappa shape index (κ3) is 3.28. The Hall–Kier alpha value is -0.620. The van der Waals surface area contributed by atoms with Crippen molar-refractivity contribution in [1.82, 2.24) is 4.31 Å². The summed E-state index contributed by atoms with van der Waals surface area (Å²) in [7, 11) is -3.42. The molecule has 1 N–H and O–H groups in total. The Morgan fingerprint density at radius 3 is 2.63 bits per heavy atom. The SMILES string of the molecule is CC1CCN(S(=O)(=O)CCC(=O)O)C2CCCCC12. The van der Waals surface area contributed by atoms with Gasteiger partial charge in [-0.15, -0.1) is 0 Å². The number of fused-ring (bicyclic) bond motifs is 1. The van der Waals surface area contributed by atoms with Gasteiger partial charge >= 0.3 is 5.97 Å². The average Bonchev–Trinajstić information content (AvgIpc) is 2.37. The minimum absolute atomic E-state index is 0.108. The lowest BCUT2D eigenvalue weighted by Crippen LogP contribution is -2.52. The minimum Gasteiger partial charge on any atom is -0.481 e. The summed E-state index contributed by atoms with van der Waals surface area (Å²) in [4.78, 5) is 10.6. The quantitative estimate of drug-likeness (QED) is 0.854. The smallest absolute Gasteiger partial charge is 0.304 e. The Morgan fingerprint density at radius 1 is 1.26 bits per heavy atom. The number of rotatable bonds is 4. The molecule has 2 aliphatic rings. The molecule has 2 fully saturated rings. The van der Waals surface area contributed by atoms with Gasteiger partial charge in [-0.2, -0.15) is 4.31 Å². The van der Waals surface area contributed by atoms with E-state index in [-0.39, 0.29) is 18.2 Å². The number of hydrogen-bond acceptors (Lipinski definition) is 3. The lowest BCUT2D eigenvalue weighted by molar-refractivity contribution is -0.136. The second-order valence-corrected chi connectivity index (χ2v) is 7.89. The van der Waals surface area contributed by atoms with Gasteiger partial charge < -0.3 is 5.11 Å². The van der Waals surface area contributed by atoms with Gasteiger partial charge in [0, 0.05) is 12.6 Å². The molecule has 19 heavy (non-hydrogen) atoms. The van der Waals surface area contributed by atoms with Gasteiger partial charge in [-0.3, -0.25) is 4.79 Å². The molecule has 1 saturated carbocycles. The van der Waals surface area contributed by atoms with E-state index in [0.29, 0.717) is 18.4 Å². The summed E-state index contributed by atoms with van der Waals surface area (Å²) in [5.41, 5.74) is 0. The number of piperidine rings is 1. The summed E-state index contributed by atoms with van der Waals surface area (Å²) < 4.78 is 26.2. The highest BCUT2D eigenvalue weighted by Gasteiger charge is 2.42. The van der Waals surface area contributed by atoms with Gasteiger partial charge in [-0.05, 0) is 31.1 Å². The molecule has 5 nitrogen and oxygen atoms in total. The second-order valence-electron chi connectivity index (χ2n) is 5.85. The van der Waals surface area contributed by atoms with Crippen LogP contribution >= 0.6 is 0 Å². The highest BCUT2D eigenvalue weighted by atomic mass is 32.2. The summed E-state index contributed by atoms with van der Waals surface area (Å²) >= 11 is 0. The number of aliphatic carboxylic acids is 1. The van der Waals surface area contributed by atoms with Crippen LogP contribution in [0.3, 0.4) is 0 Å². The monoisotopic (exact) mass is 289 g/mol. The summed E-state index contributed by atoms with van der Waals surface area (Å²) in [6, 6.07) is 0.108. The van der Waals surface area contributed by atoms with Crippen LogP contribution in [0.15, 0.2) is 0 Å². The number of carbonyl (C=O) groups is 1. The van der Waals surface area contributed by atoms with Crippen LogP contribution in [-0.2, 0) is 14.8 Å². The molecule has 0 radical (unpaired) electrons. The predicted octanol–water partition coefficient (Wildman–Crippen LogP) is 1.69. The van der Waals surface area contributed by atoms with Gasteiger partial charge in [-0.1, -0.05) is 19.8 Å². The van der Waals surface area contributed by atoms with Crippen molar-refractivity contribution < 1.29 is 18.3 Å². The van der Waals surface area contributed by atoms with Crippen LogP contribution in [0, 0.1) is 11.8 Å². The summed E-state index contributed by atoms with van der Waals surface area (Å²) in [5.74, 6) is -0.271. The van der Waals surface area contributed by atoms with Crippen LogP contribution in [0.4, 0.5) is 0 Å². The van der Waals surface area contributed by atoms with E-state index in [1.54, 1.807) is 4.31 Å². The first-order valence-electron chi connectivity index (χ1n) is 7.13. The lowest BCUT2D eigenvalue weighted by atomic mass is 9.74. The van der Waals surface area contributed by atoms with Crippen molar-refractivity contribution in [3.05, 3.63) is 0 Å². The molecule has 0 aromatic rings. The zero-order chi connectivity index (χ0) is 14.0. The van der Waals surface area contributed by atoms with Crippen molar-refractivity contribution >= 4 is 16.0 Å². The highest BCUT2D eigenvalue weighted by molar-refractivity contribution is 7.89. The first-order chi connectivity index (χ1) is 8.92. The normalized spacial score (nSPS) is 32.8. The molecular formula is C13H23NO4S. The molecule has 1 heterocycles. The van der Waals surface area contributed by atoms with Crippen molar-refractivity contribution in [1.29, 1.82) is 0 Å². The number of sulfonamides is 1. The van der Waals surface area contributed by atoms with Gasteiger partial charge in [0.2, 0.25) is 10.0 Å². The summed E-state index contributed by atoms with van der Waals surface area (Å²) in [6.45, 7) is 2.77. The third-order valence-corrected chi connectivity index (χ3v) is 6.51. The van der Waals surface area contributed by atoms with Crippen LogP contribution < -0.4 is 0 Å². The van der Waals surface area contributed by atoms with Crippen molar-refractivity contribution in [3.63, 3.8) is 0 Å². The Balaban J connectivity index is 2.12. The lowest BCUT2D eigenvalue weighted by Gasteiger charge is -2.46. The molecule has 1 aliphatic heterocycles. The van der Waals surface area contributed by atoms with Crippen molar-refractivity contribution in [3.8, 4) is 0 Å². The average molecular weight is 289 g/mol. The Morgan fingerprint density at radius 2 is 1.95 bits per heavy atom. The Kier molecular flexibility index (Phi) is 4.50. The van der Waals surface area contributed by atoms with Gasteiger partial charge in [0.1, 0.15) is 0 Å². The van der Waals surface area contributed by atoms with E-state index in [0.717, 1.165) is 25.7 Å². The van der Waals surface area contributed by atoms with E-state index in [4.69, 9.17) is 5.11 Å². The maximum atomic E-state index is 12.3. The Labute approximate surface area is 115 Å². The zero-order valence-electron chi connectivity index (χ0n) is 11.4. The number of carboxylic acid groups (broad SMARTS) is 1. The van der Waals surface area contributed by atoms with Crippen LogP contribution in [0.5, 0.6) is 0 Å². The number of nitrogens with zero attached hydrogens (tertiary/aromatic N) is 1. The third-order valence-electron chi connectivity index (χ3n) is 4.62. The second kappa shape index (κ2) is 5.79. The first kappa shape index (κ1) is 14.8. The molecule has 3 atom stereocenters. The van der Waals surface area contributed by atoms with Gasteiger partial charge in [0.15, 0.2) is 0 Å². The molecule has 0 aromatic carbocycles. The number of carboxylic acids is 1. The van der Waals surface area contributed by atoms with E-state index in [2.05, 4.69) is 6.92 Å². The summed E-state index contributed by atoms with van der Waals surface area (Å²) in [5, 5.41) is 8.67. The van der Waals surface area contributed by atoms with E-state index in [1.165, 1.54) is 6.42 Å². The molecule has 0 spiro atoms. The molecule has 0 aromatic heterocycles. The molecule has 2 rings (SSSR count). The van der Waals surface area contributed by atoms with Gasteiger partial charge in [0.05, 0.1) is 12.2 Å². The zero-order valence-corrected chi connectivity index (χ0v) is 12.2. The van der Waals surface area contributed by atoms with E-state index >= 15 is 0 Å².